The van der Waals surface area contributed by atoms with E-state index in [1.54, 1.807) is 0 Å². The number of aryl methyl sites for hydroxylation is 2. The van der Waals surface area contributed by atoms with E-state index in [1.165, 1.54) is 96.3 Å². The highest BCUT2D eigenvalue weighted by atomic mass is 16.5. The molecule has 1 heterocycles. The van der Waals surface area contributed by atoms with Gasteiger partial charge in [-0.05, 0) is 65.0 Å². The highest BCUT2D eigenvalue weighted by molar-refractivity contribution is 5.69. The van der Waals surface area contributed by atoms with E-state index in [1.807, 2.05) is 6.20 Å². The number of nitrogens with one attached hydrogen (secondary N) is 1. The number of hydrogen-bond donors (Lipinski definition) is 1. The van der Waals surface area contributed by atoms with Crippen molar-refractivity contribution in [3.63, 3.8) is 0 Å². The molecule has 0 aliphatic heterocycles. The number of carbonyl (C=O) groups excluding carboxylic acids is 1. The van der Waals surface area contributed by atoms with Gasteiger partial charge >= 0.3 is 5.97 Å². The highest BCUT2D eigenvalue weighted by Crippen LogP contribution is 2.18. The highest BCUT2D eigenvalue weighted by Gasteiger charge is 2.14. The zero-order chi connectivity index (χ0) is 26.8. The quantitative estimate of drug-likeness (QED) is 0.0931. The molecule has 0 atom stereocenters. The fourth-order valence-electron chi connectivity index (χ4n) is 5.00. The van der Waals surface area contributed by atoms with Gasteiger partial charge in [-0.2, -0.15) is 0 Å². The molecule has 0 aliphatic carbocycles. The Hall–Kier alpha value is -1.36. The molecule has 0 radical (unpaired) electrons. The van der Waals surface area contributed by atoms with Crippen molar-refractivity contribution >= 4 is 5.97 Å². The Morgan fingerprint density at radius 3 is 1.92 bits per heavy atom. The fourth-order valence-corrected chi connectivity index (χ4v) is 5.00. The van der Waals surface area contributed by atoms with E-state index >= 15 is 0 Å². The number of esters is 1. The monoisotopic (exact) mass is 519 g/mol. The minimum Gasteiger partial charge on any atom is -0.462 e. The summed E-state index contributed by atoms with van der Waals surface area (Å²) in [6.45, 7) is 9.76. The first kappa shape index (κ1) is 33.7. The summed E-state index contributed by atoms with van der Waals surface area (Å²) in [5.74, 6) is 1.13. The van der Waals surface area contributed by atoms with Crippen molar-refractivity contribution in [2.24, 2.45) is 0 Å². The average molecular weight is 520 g/mol. The largest absolute Gasteiger partial charge is 0.462 e. The maximum Gasteiger partial charge on any atom is 0.306 e. The Bertz CT molecular complexity index is 615. The number of ether oxygens (including phenoxy) is 1. The lowest BCUT2D eigenvalue weighted by atomic mass is 10.0. The van der Waals surface area contributed by atoms with Crippen LogP contribution in [0.1, 0.15) is 155 Å². The van der Waals surface area contributed by atoms with Gasteiger partial charge in [0, 0.05) is 25.4 Å². The molecule has 216 valence electrons. The number of rotatable bonds is 27. The van der Waals surface area contributed by atoms with Crippen molar-refractivity contribution in [3.05, 3.63) is 18.2 Å². The molecule has 1 N–H and O–H groups in total. The Balaban J connectivity index is 2.06. The van der Waals surface area contributed by atoms with Crippen molar-refractivity contribution in [2.75, 3.05) is 13.1 Å². The van der Waals surface area contributed by atoms with Crippen molar-refractivity contribution in [2.45, 2.75) is 168 Å². The molecule has 0 amide bonds. The molecular formula is C32H61N3O2. The number of carbonyl (C=O) groups is 1. The standard InChI is InChI=1S/C32H61N3O2/c1-4-6-8-10-13-17-22-31(23-18-14-11-9-7-5-2)37-32(36)24-19-15-12-16-20-25-33-26-21-28-35-29-27-34-30(35)3/h27,29,31,33H,4-26,28H2,1-3H3. The summed E-state index contributed by atoms with van der Waals surface area (Å²) < 4.78 is 8.17. The summed E-state index contributed by atoms with van der Waals surface area (Å²) in [6, 6.07) is 0. The lowest BCUT2D eigenvalue weighted by Gasteiger charge is -2.18. The van der Waals surface area contributed by atoms with E-state index in [0.717, 1.165) is 57.6 Å². The van der Waals surface area contributed by atoms with Crippen LogP contribution >= 0.6 is 0 Å². The van der Waals surface area contributed by atoms with Gasteiger partial charge < -0.3 is 14.6 Å². The van der Waals surface area contributed by atoms with Crippen molar-refractivity contribution in [1.82, 2.24) is 14.9 Å². The zero-order valence-corrected chi connectivity index (χ0v) is 24.9. The van der Waals surface area contributed by atoms with Crippen LogP contribution in [0.2, 0.25) is 0 Å². The molecule has 0 spiro atoms. The predicted molar refractivity (Wildman–Crippen MR) is 158 cm³/mol. The molecule has 0 saturated carbocycles. The Morgan fingerprint density at radius 1 is 0.784 bits per heavy atom. The van der Waals surface area contributed by atoms with Crippen LogP contribution in [0.4, 0.5) is 0 Å². The summed E-state index contributed by atoms with van der Waals surface area (Å²) in [6.07, 6.45) is 29.3. The summed E-state index contributed by atoms with van der Waals surface area (Å²) in [4.78, 5) is 16.8. The van der Waals surface area contributed by atoms with E-state index in [-0.39, 0.29) is 12.1 Å². The Labute approximate surface area is 229 Å². The third-order valence-electron chi connectivity index (χ3n) is 7.47. The second-order valence-corrected chi connectivity index (χ2v) is 11.0. The van der Waals surface area contributed by atoms with Crippen LogP contribution in [0.15, 0.2) is 12.4 Å². The van der Waals surface area contributed by atoms with E-state index in [2.05, 4.69) is 41.8 Å². The van der Waals surface area contributed by atoms with Crippen LogP contribution in [-0.2, 0) is 16.1 Å². The zero-order valence-electron chi connectivity index (χ0n) is 24.9. The van der Waals surface area contributed by atoms with Crippen LogP contribution in [-0.4, -0.2) is 34.7 Å². The van der Waals surface area contributed by atoms with Gasteiger partial charge in [-0.25, -0.2) is 4.98 Å². The Morgan fingerprint density at radius 2 is 1.32 bits per heavy atom. The molecule has 0 aliphatic rings. The maximum absolute atomic E-state index is 12.5. The molecule has 0 aromatic carbocycles. The van der Waals surface area contributed by atoms with E-state index in [9.17, 15) is 4.79 Å². The first-order valence-electron chi connectivity index (χ1n) is 16.0. The van der Waals surface area contributed by atoms with Crippen LogP contribution in [0.25, 0.3) is 0 Å². The lowest BCUT2D eigenvalue weighted by Crippen LogP contribution is -2.18. The van der Waals surface area contributed by atoms with Gasteiger partial charge in [-0.15, -0.1) is 0 Å². The number of imidazole rings is 1. The van der Waals surface area contributed by atoms with Gasteiger partial charge in [0.1, 0.15) is 11.9 Å². The van der Waals surface area contributed by atoms with Gasteiger partial charge in [-0.1, -0.05) is 97.3 Å². The minimum atomic E-state index is 0.0387. The van der Waals surface area contributed by atoms with E-state index in [0.29, 0.717) is 6.42 Å². The molecule has 1 aromatic rings. The first-order chi connectivity index (χ1) is 18.2. The van der Waals surface area contributed by atoms with E-state index in [4.69, 9.17) is 4.74 Å². The molecule has 37 heavy (non-hydrogen) atoms. The van der Waals surface area contributed by atoms with Gasteiger partial charge in [0.2, 0.25) is 0 Å². The minimum absolute atomic E-state index is 0.0387. The van der Waals surface area contributed by atoms with Crippen LogP contribution < -0.4 is 5.32 Å². The molecule has 0 unspecified atom stereocenters. The van der Waals surface area contributed by atoms with Crippen LogP contribution in [0.3, 0.4) is 0 Å². The average Bonchev–Trinajstić information content (AvgIpc) is 3.30. The molecule has 1 aromatic heterocycles. The smallest absolute Gasteiger partial charge is 0.306 e. The lowest BCUT2D eigenvalue weighted by molar-refractivity contribution is -0.150. The molecular weight excluding hydrogens is 458 g/mol. The van der Waals surface area contributed by atoms with Crippen LogP contribution in [0, 0.1) is 6.92 Å². The molecule has 0 bridgehead atoms. The van der Waals surface area contributed by atoms with Gasteiger partial charge in [0.05, 0.1) is 0 Å². The number of nitrogens with zero attached hydrogens (tertiary/aromatic N) is 2. The number of hydrogen-bond acceptors (Lipinski definition) is 4. The Kier molecular flexibility index (Phi) is 22.7. The summed E-state index contributed by atoms with van der Waals surface area (Å²) in [7, 11) is 0. The van der Waals surface area contributed by atoms with Crippen molar-refractivity contribution in [3.8, 4) is 0 Å². The SMILES string of the molecule is CCCCCCCCC(CCCCCCCC)OC(=O)CCCCCCCNCCCn1ccnc1C. The fraction of sp³-hybridized carbons (Fsp3) is 0.875. The molecule has 5 heteroatoms. The molecule has 0 saturated heterocycles. The van der Waals surface area contributed by atoms with Crippen molar-refractivity contribution < 1.29 is 9.53 Å². The number of aromatic nitrogens is 2. The summed E-state index contributed by atoms with van der Waals surface area (Å²) in [5.41, 5.74) is 0. The molecule has 1 rings (SSSR count). The van der Waals surface area contributed by atoms with Crippen molar-refractivity contribution in [1.29, 1.82) is 0 Å². The molecule has 0 fully saturated rings. The van der Waals surface area contributed by atoms with Gasteiger partial charge in [0.25, 0.3) is 0 Å². The van der Waals surface area contributed by atoms with E-state index < -0.39 is 0 Å². The second kappa shape index (κ2) is 24.9. The third kappa shape index (κ3) is 20.3. The third-order valence-corrected chi connectivity index (χ3v) is 7.47. The number of unbranched alkanes of at least 4 members (excludes halogenated alkanes) is 14. The topological polar surface area (TPSA) is 56.1 Å². The summed E-state index contributed by atoms with van der Waals surface area (Å²) >= 11 is 0. The van der Waals surface area contributed by atoms with Crippen LogP contribution in [0.5, 0.6) is 0 Å². The van der Waals surface area contributed by atoms with Gasteiger partial charge in [0.15, 0.2) is 0 Å². The maximum atomic E-state index is 12.5. The second-order valence-electron chi connectivity index (χ2n) is 11.0. The summed E-state index contributed by atoms with van der Waals surface area (Å²) in [5, 5.41) is 3.55. The first-order valence-corrected chi connectivity index (χ1v) is 16.0. The molecule has 5 nitrogen and oxygen atoms in total. The normalized spacial score (nSPS) is 11.5. The van der Waals surface area contributed by atoms with Gasteiger partial charge in [-0.3, -0.25) is 4.79 Å². The predicted octanol–water partition coefficient (Wildman–Crippen LogP) is 8.92.